The lowest BCUT2D eigenvalue weighted by Crippen LogP contribution is -2.45. The third-order valence-electron chi connectivity index (χ3n) is 4.86. The van der Waals surface area contributed by atoms with Crippen LogP contribution in [0.25, 0.3) is 0 Å². The van der Waals surface area contributed by atoms with Crippen molar-refractivity contribution in [2.45, 2.75) is 72.3 Å². The molecule has 0 aromatic carbocycles. The predicted octanol–water partition coefficient (Wildman–Crippen LogP) is 3.59. The van der Waals surface area contributed by atoms with E-state index in [-0.39, 0.29) is 35.1 Å². The highest BCUT2D eigenvalue weighted by Gasteiger charge is 2.23. The van der Waals surface area contributed by atoms with Gasteiger partial charge in [-0.05, 0) is 37.5 Å². The average molecular weight is 487 g/mol. The summed E-state index contributed by atoms with van der Waals surface area (Å²) in [4.78, 5) is 4.73. The molecular weight excluding hydrogens is 449 g/mol. The molecule has 0 aromatic rings. The zero-order valence-electron chi connectivity index (χ0n) is 16.6. The molecule has 2 unspecified atom stereocenters. The second-order valence-corrected chi connectivity index (χ2v) is 10.3. The van der Waals surface area contributed by atoms with Crippen LogP contribution in [0.5, 0.6) is 0 Å². The maximum absolute atomic E-state index is 11.4. The summed E-state index contributed by atoms with van der Waals surface area (Å²) in [6.45, 7) is 9.97. The molecular formula is C18H38IN3O2S. The highest BCUT2D eigenvalue weighted by atomic mass is 127. The van der Waals surface area contributed by atoms with Crippen LogP contribution >= 0.6 is 24.0 Å². The first-order valence-corrected chi connectivity index (χ1v) is 11.4. The Kier molecular flexibility index (Phi) is 11.6. The van der Waals surface area contributed by atoms with E-state index >= 15 is 0 Å². The summed E-state index contributed by atoms with van der Waals surface area (Å²) in [5.74, 6) is 1.91. The fourth-order valence-corrected chi connectivity index (χ4v) is 4.06. The van der Waals surface area contributed by atoms with Crippen molar-refractivity contribution in [3.8, 4) is 0 Å². The molecule has 0 radical (unpaired) electrons. The Balaban J connectivity index is 0.00000576. The van der Waals surface area contributed by atoms with Gasteiger partial charge in [0.05, 0.1) is 5.75 Å². The van der Waals surface area contributed by atoms with E-state index in [1.807, 2.05) is 0 Å². The fourth-order valence-electron chi connectivity index (χ4n) is 3.14. The van der Waals surface area contributed by atoms with Crippen LogP contribution in [0.1, 0.15) is 66.2 Å². The Morgan fingerprint density at radius 3 is 2.48 bits per heavy atom. The summed E-state index contributed by atoms with van der Waals surface area (Å²) >= 11 is 0. The zero-order valence-corrected chi connectivity index (χ0v) is 19.7. The molecule has 25 heavy (non-hydrogen) atoms. The van der Waals surface area contributed by atoms with E-state index in [2.05, 4.69) is 38.3 Å². The molecule has 0 spiro atoms. The van der Waals surface area contributed by atoms with Gasteiger partial charge in [-0.2, -0.15) is 0 Å². The first kappa shape index (κ1) is 24.9. The van der Waals surface area contributed by atoms with Crippen molar-refractivity contribution >= 4 is 39.8 Å². The van der Waals surface area contributed by atoms with E-state index in [1.165, 1.54) is 38.4 Å². The van der Waals surface area contributed by atoms with Crippen molar-refractivity contribution in [2.75, 3.05) is 25.1 Å². The van der Waals surface area contributed by atoms with Gasteiger partial charge in [-0.1, -0.05) is 40.0 Å². The van der Waals surface area contributed by atoms with E-state index in [1.54, 1.807) is 0 Å². The molecule has 7 heteroatoms. The number of rotatable bonds is 8. The molecule has 1 rings (SSSR count). The molecule has 0 bridgehead atoms. The number of guanidine groups is 1. The summed E-state index contributed by atoms with van der Waals surface area (Å²) in [7, 11) is -2.92. The summed E-state index contributed by atoms with van der Waals surface area (Å²) in [6, 6.07) is 0.501. The normalized spacial score (nSPS) is 22.2. The van der Waals surface area contributed by atoms with Gasteiger partial charge in [0, 0.05) is 25.4 Å². The summed E-state index contributed by atoms with van der Waals surface area (Å²) < 4.78 is 22.8. The number of sulfone groups is 1. The highest BCUT2D eigenvalue weighted by Crippen LogP contribution is 2.26. The molecule has 1 fully saturated rings. The number of hydrogen-bond donors (Lipinski definition) is 2. The molecule has 5 nitrogen and oxygen atoms in total. The Hall–Kier alpha value is -0.0500. The summed E-state index contributed by atoms with van der Waals surface area (Å²) in [6.07, 6.45) is 8.25. The van der Waals surface area contributed by atoms with E-state index in [0.29, 0.717) is 19.0 Å². The monoisotopic (exact) mass is 487 g/mol. The van der Waals surface area contributed by atoms with Gasteiger partial charge in [0.2, 0.25) is 0 Å². The number of hydrogen-bond acceptors (Lipinski definition) is 3. The summed E-state index contributed by atoms with van der Waals surface area (Å²) in [5.41, 5.74) is -0.121. The number of nitrogens with one attached hydrogen (secondary N) is 2. The van der Waals surface area contributed by atoms with Crippen LogP contribution in [0.3, 0.4) is 0 Å². The number of nitrogens with zero attached hydrogens (tertiary/aromatic N) is 1. The lowest BCUT2D eigenvalue weighted by molar-refractivity contribution is 0.297. The van der Waals surface area contributed by atoms with Gasteiger partial charge in [-0.3, -0.25) is 4.99 Å². The van der Waals surface area contributed by atoms with Crippen molar-refractivity contribution in [2.24, 2.45) is 16.3 Å². The maximum Gasteiger partial charge on any atom is 0.191 e. The Labute approximate surface area is 172 Å². The van der Waals surface area contributed by atoms with Gasteiger partial charge >= 0.3 is 0 Å². The highest BCUT2D eigenvalue weighted by molar-refractivity contribution is 14.0. The fraction of sp³-hybridized carbons (Fsp3) is 0.944. The SMILES string of the molecule is CCNC(=NCC(C)(C)CCS(C)(=O)=O)NC1CCCC(CC)C1.I. The van der Waals surface area contributed by atoms with Gasteiger partial charge in [0.15, 0.2) is 5.96 Å². The molecule has 0 aliphatic heterocycles. The van der Waals surface area contributed by atoms with Crippen LogP contribution in [0.2, 0.25) is 0 Å². The first-order chi connectivity index (χ1) is 11.1. The Morgan fingerprint density at radius 2 is 1.92 bits per heavy atom. The van der Waals surface area contributed by atoms with Crippen molar-refractivity contribution < 1.29 is 8.42 Å². The van der Waals surface area contributed by atoms with Gasteiger partial charge < -0.3 is 10.6 Å². The van der Waals surface area contributed by atoms with Crippen LogP contribution in [0, 0.1) is 11.3 Å². The second-order valence-electron chi connectivity index (χ2n) is 8.02. The van der Waals surface area contributed by atoms with Gasteiger partial charge in [0.25, 0.3) is 0 Å². The largest absolute Gasteiger partial charge is 0.357 e. The topological polar surface area (TPSA) is 70.6 Å². The quantitative estimate of drug-likeness (QED) is 0.312. The van der Waals surface area contributed by atoms with Crippen LogP contribution < -0.4 is 10.6 Å². The number of halogens is 1. The smallest absolute Gasteiger partial charge is 0.191 e. The molecule has 1 saturated carbocycles. The van der Waals surface area contributed by atoms with E-state index < -0.39 is 9.84 Å². The average Bonchev–Trinajstić information content (AvgIpc) is 2.51. The Bertz CT molecular complexity index is 506. The lowest BCUT2D eigenvalue weighted by Gasteiger charge is -2.30. The molecule has 0 heterocycles. The van der Waals surface area contributed by atoms with Gasteiger partial charge in [0.1, 0.15) is 9.84 Å². The van der Waals surface area contributed by atoms with Crippen molar-refractivity contribution in [1.29, 1.82) is 0 Å². The minimum Gasteiger partial charge on any atom is -0.357 e. The maximum atomic E-state index is 11.4. The molecule has 1 aliphatic rings. The first-order valence-electron chi connectivity index (χ1n) is 9.37. The van der Waals surface area contributed by atoms with Crippen LogP contribution in [-0.2, 0) is 9.84 Å². The van der Waals surface area contributed by atoms with E-state index in [4.69, 9.17) is 4.99 Å². The molecule has 150 valence electrons. The van der Waals surface area contributed by atoms with Crippen molar-refractivity contribution in [1.82, 2.24) is 10.6 Å². The minimum absolute atomic E-state index is 0. The summed E-state index contributed by atoms with van der Waals surface area (Å²) in [5, 5.41) is 6.92. The zero-order chi connectivity index (χ0) is 18.2. The lowest BCUT2D eigenvalue weighted by atomic mass is 9.84. The van der Waals surface area contributed by atoms with Crippen molar-refractivity contribution in [3.63, 3.8) is 0 Å². The van der Waals surface area contributed by atoms with Crippen LogP contribution in [0.15, 0.2) is 4.99 Å². The molecule has 1 aliphatic carbocycles. The number of aliphatic imine (C=N–C) groups is 1. The standard InChI is InChI=1S/C18H37N3O2S.HI/c1-6-15-9-8-10-16(13-15)21-17(19-7-2)20-14-18(3,4)11-12-24(5,22)23;/h15-16H,6-14H2,1-5H3,(H2,19,20,21);1H. The van der Waals surface area contributed by atoms with Gasteiger partial charge in [-0.15, -0.1) is 24.0 Å². The predicted molar refractivity (Wildman–Crippen MR) is 119 cm³/mol. The van der Waals surface area contributed by atoms with Gasteiger partial charge in [-0.25, -0.2) is 8.42 Å². The molecule has 0 amide bonds. The molecule has 2 atom stereocenters. The third kappa shape index (κ3) is 11.3. The van der Waals surface area contributed by atoms with Crippen LogP contribution in [0.4, 0.5) is 0 Å². The van der Waals surface area contributed by atoms with E-state index in [9.17, 15) is 8.42 Å². The molecule has 0 aromatic heterocycles. The minimum atomic E-state index is -2.92. The molecule has 2 N–H and O–H groups in total. The van der Waals surface area contributed by atoms with E-state index in [0.717, 1.165) is 18.4 Å². The van der Waals surface area contributed by atoms with Crippen LogP contribution in [-0.4, -0.2) is 45.5 Å². The second kappa shape index (κ2) is 11.6. The molecule has 0 saturated heterocycles. The third-order valence-corrected chi connectivity index (χ3v) is 5.81. The Morgan fingerprint density at radius 1 is 1.24 bits per heavy atom. The van der Waals surface area contributed by atoms with Crippen molar-refractivity contribution in [3.05, 3.63) is 0 Å².